The predicted molar refractivity (Wildman–Crippen MR) is 86.4 cm³/mol. The molecule has 0 fully saturated rings. The lowest BCUT2D eigenvalue weighted by molar-refractivity contribution is 0.634. The molecule has 2 heterocycles. The Morgan fingerprint density at radius 3 is 2.70 bits per heavy atom. The molecule has 23 heavy (non-hydrogen) atoms. The third-order valence-corrected chi connectivity index (χ3v) is 4.08. The first kappa shape index (κ1) is 13.5. The lowest BCUT2D eigenvalue weighted by atomic mass is 9.93. The Kier molecular flexibility index (Phi) is 2.88. The normalized spacial score (nSPS) is 11.0. The zero-order chi connectivity index (χ0) is 16.0. The number of hydrogen-bond acceptors (Lipinski definition) is 3. The number of nitriles is 1. The van der Waals surface area contributed by atoms with Crippen LogP contribution in [0, 0.1) is 24.1 Å². The lowest BCUT2D eigenvalue weighted by Gasteiger charge is -2.10. The van der Waals surface area contributed by atoms with E-state index in [9.17, 15) is 5.26 Å². The number of pyridine rings is 1. The Morgan fingerprint density at radius 2 is 1.96 bits per heavy atom. The van der Waals surface area contributed by atoms with E-state index in [0.717, 1.165) is 5.56 Å². The van der Waals surface area contributed by atoms with Gasteiger partial charge in [-0.1, -0.05) is 30.3 Å². The molecule has 4 heteroatoms. The molecule has 2 aromatic carbocycles. The summed E-state index contributed by atoms with van der Waals surface area (Å²) in [6.07, 6.45) is 3.12. The molecule has 0 saturated heterocycles. The molecule has 0 spiro atoms. The Bertz CT molecular complexity index is 1090. The Labute approximate surface area is 131 Å². The Hall–Kier alpha value is -3.19. The molecule has 0 saturated carbocycles. The van der Waals surface area contributed by atoms with Crippen molar-refractivity contribution < 1.29 is 8.81 Å². The number of aromatic nitrogens is 1. The minimum absolute atomic E-state index is 0.283. The van der Waals surface area contributed by atoms with Crippen molar-refractivity contribution in [2.75, 3.05) is 0 Å². The summed E-state index contributed by atoms with van der Waals surface area (Å²) in [7, 11) is 0. The highest BCUT2D eigenvalue weighted by molar-refractivity contribution is 6.09. The summed E-state index contributed by atoms with van der Waals surface area (Å²) in [6, 6.07) is 13.1. The van der Waals surface area contributed by atoms with Gasteiger partial charge in [-0.15, -0.1) is 0 Å². The highest BCUT2D eigenvalue weighted by Crippen LogP contribution is 2.40. The van der Waals surface area contributed by atoms with Crippen molar-refractivity contribution in [2.24, 2.45) is 0 Å². The first-order valence-electron chi connectivity index (χ1n) is 7.16. The molecular weight excluding hydrogens is 291 g/mol. The molecule has 0 aliphatic rings. The molecule has 0 aliphatic heterocycles. The molecule has 110 valence electrons. The van der Waals surface area contributed by atoms with Gasteiger partial charge in [-0.25, -0.2) is 4.39 Å². The highest BCUT2D eigenvalue weighted by atomic mass is 19.1. The summed E-state index contributed by atoms with van der Waals surface area (Å²) in [6.45, 7) is 1.74. The van der Waals surface area contributed by atoms with Crippen molar-refractivity contribution in [1.29, 1.82) is 5.26 Å². The summed E-state index contributed by atoms with van der Waals surface area (Å²) < 4.78 is 21.0. The molecule has 3 nitrogen and oxygen atoms in total. The summed E-state index contributed by atoms with van der Waals surface area (Å²) in [4.78, 5) is 4.00. The van der Waals surface area contributed by atoms with E-state index in [4.69, 9.17) is 4.42 Å². The molecule has 0 atom stereocenters. The van der Waals surface area contributed by atoms with Crippen LogP contribution in [0.2, 0.25) is 0 Å². The van der Waals surface area contributed by atoms with E-state index < -0.39 is 0 Å². The van der Waals surface area contributed by atoms with Crippen LogP contribution in [0.5, 0.6) is 0 Å². The third-order valence-electron chi connectivity index (χ3n) is 4.08. The first-order chi connectivity index (χ1) is 11.2. The van der Waals surface area contributed by atoms with Gasteiger partial charge in [-0.3, -0.25) is 4.98 Å². The van der Waals surface area contributed by atoms with Crippen LogP contribution in [0.25, 0.3) is 33.1 Å². The summed E-state index contributed by atoms with van der Waals surface area (Å²) >= 11 is 0. The number of furan rings is 1. The van der Waals surface area contributed by atoms with Gasteiger partial charge in [0.25, 0.3) is 0 Å². The van der Waals surface area contributed by atoms with Gasteiger partial charge >= 0.3 is 0 Å². The van der Waals surface area contributed by atoms with Crippen molar-refractivity contribution in [3.05, 3.63) is 65.7 Å². The first-order valence-corrected chi connectivity index (χ1v) is 7.16. The SMILES string of the molecule is Cc1c(-c2ccccc2)c(F)c2c(oc3cnccc32)c1C#N. The van der Waals surface area contributed by atoms with E-state index in [2.05, 4.69) is 11.1 Å². The second kappa shape index (κ2) is 4.92. The molecule has 0 N–H and O–H groups in total. The van der Waals surface area contributed by atoms with Gasteiger partial charge in [0.1, 0.15) is 11.9 Å². The Balaban J connectivity index is 2.25. The van der Waals surface area contributed by atoms with E-state index in [1.807, 2.05) is 30.3 Å². The monoisotopic (exact) mass is 302 g/mol. The van der Waals surface area contributed by atoms with Crippen LogP contribution < -0.4 is 0 Å². The van der Waals surface area contributed by atoms with Crippen LogP contribution >= 0.6 is 0 Å². The van der Waals surface area contributed by atoms with Crippen molar-refractivity contribution in [1.82, 2.24) is 4.98 Å². The van der Waals surface area contributed by atoms with Crippen molar-refractivity contribution in [2.45, 2.75) is 6.92 Å². The van der Waals surface area contributed by atoms with E-state index in [-0.39, 0.29) is 11.4 Å². The number of halogens is 1. The van der Waals surface area contributed by atoms with Crippen LogP contribution in [0.3, 0.4) is 0 Å². The molecule has 2 aromatic heterocycles. The van der Waals surface area contributed by atoms with Gasteiger partial charge in [0.15, 0.2) is 11.2 Å². The fourth-order valence-electron chi connectivity index (χ4n) is 3.01. The summed E-state index contributed by atoms with van der Waals surface area (Å²) in [5, 5.41) is 10.5. The molecule has 0 bridgehead atoms. The standard InChI is InChI=1S/C19H11FN2O/c1-11-14(9-21)19-17(13-7-8-22-10-15(13)23-19)18(20)16(11)12-5-3-2-4-6-12/h2-8,10H,1H3. The van der Waals surface area contributed by atoms with Crippen LogP contribution in [-0.4, -0.2) is 4.98 Å². The second-order valence-electron chi connectivity index (χ2n) is 5.34. The highest BCUT2D eigenvalue weighted by Gasteiger charge is 2.23. The molecule has 4 aromatic rings. The third kappa shape index (κ3) is 1.84. The van der Waals surface area contributed by atoms with Crippen LogP contribution in [0.1, 0.15) is 11.1 Å². The molecular formula is C19H11FN2O. The van der Waals surface area contributed by atoms with Gasteiger partial charge < -0.3 is 4.42 Å². The van der Waals surface area contributed by atoms with Gasteiger partial charge in [0, 0.05) is 17.1 Å². The van der Waals surface area contributed by atoms with Gasteiger partial charge in [-0.2, -0.15) is 5.26 Å². The maximum atomic E-state index is 15.3. The van der Waals surface area contributed by atoms with Crippen molar-refractivity contribution in [3.8, 4) is 17.2 Å². The lowest BCUT2D eigenvalue weighted by Crippen LogP contribution is -1.95. The average Bonchev–Trinajstić information content (AvgIpc) is 2.95. The molecule has 0 unspecified atom stereocenters. The van der Waals surface area contributed by atoms with Crippen LogP contribution in [0.4, 0.5) is 4.39 Å². The summed E-state index contributed by atoms with van der Waals surface area (Å²) in [5.74, 6) is -0.368. The average molecular weight is 302 g/mol. The quantitative estimate of drug-likeness (QED) is 0.499. The topological polar surface area (TPSA) is 49.8 Å². The number of nitrogens with zero attached hydrogens (tertiary/aromatic N) is 2. The summed E-state index contributed by atoms with van der Waals surface area (Å²) in [5.41, 5.74) is 2.87. The van der Waals surface area contributed by atoms with Gasteiger partial charge in [-0.05, 0) is 24.1 Å². The second-order valence-corrected chi connectivity index (χ2v) is 5.34. The number of hydrogen-bond donors (Lipinski definition) is 0. The largest absolute Gasteiger partial charge is 0.453 e. The zero-order valence-electron chi connectivity index (χ0n) is 12.3. The minimum Gasteiger partial charge on any atom is -0.453 e. The maximum Gasteiger partial charge on any atom is 0.156 e. The van der Waals surface area contributed by atoms with Gasteiger partial charge in [0.2, 0.25) is 0 Å². The smallest absolute Gasteiger partial charge is 0.156 e. The molecule has 0 amide bonds. The number of rotatable bonds is 1. The number of benzene rings is 2. The van der Waals surface area contributed by atoms with Crippen molar-refractivity contribution in [3.63, 3.8) is 0 Å². The molecule has 0 radical (unpaired) electrons. The molecule has 4 rings (SSSR count). The Morgan fingerprint density at radius 1 is 1.17 bits per heavy atom. The van der Waals surface area contributed by atoms with Crippen molar-refractivity contribution >= 4 is 21.9 Å². The fraction of sp³-hybridized carbons (Fsp3) is 0.0526. The van der Waals surface area contributed by atoms with Gasteiger partial charge in [0.05, 0.1) is 17.1 Å². The predicted octanol–water partition coefficient (Wildman–Crippen LogP) is 4.97. The van der Waals surface area contributed by atoms with E-state index in [1.54, 1.807) is 19.2 Å². The zero-order valence-corrected chi connectivity index (χ0v) is 12.3. The van der Waals surface area contributed by atoms with E-state index >= 15 is 4.39 Å². The fourth-order valence-corrected chi connectivity index (χ4v) is 3.01. The van der Waals surface area contributed by atoms with E-state index in [1.165, 1.54) is 6.20 Å². The van der Waals surface area contributed by atoms with Crippen LogP contribution in [0.15, 0.2) is 53.2 Å². The van der Waals surface area contributed by atoms with Crippen LogP contribution in [-0.2, 0) is 0 Å². The minimum atomic E-state index is -0.368. The molecule has 0 aliphatic carbocycles. The maximum absolute atomic E-state index is 15.3. The van der Waals surface area contributed by atoms with E-state index in [0.29, 0.717) is 33.0 Å². The number of fused-ring (bicyclic) bond motifs is 3.